The minimum Gasteiger partial charge on any atom is -0.469 e. The molecular formula is C11H17N3O6. The molecule has 20 heavy (non-hydrogen) atoms. The van der Waals surface area contributed by atoms with Crippen molar-refractivity contribution in [2.24, 2.45) is 0 Å². The number of rotatable bonds is 8. The molecule has 0 bridgehead atoms. The third kappa shape index (κ3) is 4.28. The Morgan fingerprint density at radius 3 is 2.60 bits per heavy atom. The standard InChI is InChI=1S/C11H17N3O6/c1-18-9(16)7-8-10(11(17)19-2)12-13-14(8)3-5-20-6-4-15/h15H,3-7H2,1-2H3. The zero-order valence-electron chi connectivity index (χ0n) is 11.4. The highest BCUT2D eigenvalue weighted by Crippen LogP contribution is 2.09. The van der Waals surface area contributed by atoms with Crippen LogP contribution in [0.1, 0.15) is 16.2 Å². The zero-order valence-corrected chi connectivity index (χ0v) is 11.4. The van der Waals surface area contributed by atoms with E-state index in [1.165, 1.54) is 18.9 Å². The molecule has 0 fully saturated rings. The van der Waals surface area contributed by atoms with Gasteiger partial charge in [0.1, 0.15) is 0 Å². The predicted octanol–water partition coefficient (Wildman–Crippen LogP) is -1.21. The molecule has 0 amide bonds. The number of ether oxygens (including phenoxy) is 3. The van der Waals surface area contributed by atoms with Gasteiger partial charge in [-0.2, -0.15) is 0 Å². The van der Waals surface area contributed by atoms with Gasteiger partial charge in [-0.3, -0.25) is 4.79 Å². The lowest BCUT2D eigenvalue weighted by molar-refractivity contribution is -0.139. The van der Waals surface area contributed by atoms with E-state index in [4.69, 9.17) is 9.84 Å². The third-order valence-corrected chi connectivity index (χ3v) is 2.44. The van der Waals surface area contributed by atoms with E-state index in [9.17, 15) is 9.59 Å². The SMILES string of the molecule is COC(=O)Cc1c(C(=O)OC)nnn1CCOCCO. The number of hydrogen-bond donors (Lipinski definition) is 1. The summed E-state index contributed by atoms with van der Waals surface area (Å²) in [7, 11) is 2.46. The Bertz CT molecular complexity index is 459. The highest BCUT2D eigenvalue weighted by Gasteiger charge is 2.22. The van der Waals surface area contributed by atoms with E-state index in [0.717, 1.165) is 0 Å². The Balaban J connectivity index is 2.84. The Morgan fingerprint density at radius 1 is 1.25 bits per heavy atom. The summed E-state index contributed by atoms with van der Waals surface area (Å²) < 4.78 is 15.6. The van der Waals surface area contributed by atoms with Crippen molar-refractivity contribution in [3.63, 3.8) is 0 Å². The van der Waals surface area contributed by atoms with Gasteiger partial charge in [-0.05, 0) is 0 Å². The maximum atomic E-state index is 11.5. The van der Waals surface area contributed by atoms with Crippen molar-refractivity contribution in [2.75, 3.05) is 34.0 Å². The van der Waals surface area contributed by atoms with Crippen molar-refractivity contribution in [3.05, 3.63) is 11.4 Å². The molecule has 1 N–H and O–H groups in total. The second-order valence-electron chi connectivity index (χ2n) is 3.69. The fourth-order valence-electron chi connectivity index (χ4n) is 1.47. The summed E-state index contributed by atoms with van der Waals surface area (Å²) in [6, 6.07) is 0. The molecule has 9 heteroatoms. The third-order valence-electron chi connectivity index (χ3n) is 2.44. The maximum Gasteiger partial charge on any atom is 0.360 e. The number of esters is 2. The molecule has 0 aliphatic rings. The van der Waals surface area contributed by atoms with Crippen molar-refractivity contribution in [2.45, 2.75) is 13.0 Å². The zero-order chi connectivity index (χ0) is 15.0. The van der Waals surface area contributed by atoms with Gasteiger partial charge >= 0.3 is 11.9 Å². The van der Waals surface area contributed by atoms with Gasteiger partial charge < -0.3 is 19.3 Å². The average molecular weight is 287 g/mol. The van der Waals surface area contributed by atoms with Gasteiger partial charge in [0.05, 0.1) is 52.7 Å². The van der Waals surface area contributed by atoms with E-state index in [2.05, 4.69) is 19.8 Å². The Kier molecular flexibility index (Phi) is 6.60. The van der Waals surface area contributed by atoms with Gasteiger partial charge in [0.2, 0.25) is 0 Å². The Hall–Kier alpha value is -2.00. The van der Waals surface area contributed by atoms with Crippen LogP contribution >= 0.6 is 0 Å². The van der Waals surface area contributed by atoms with E-state index in [0.29, 0.717) is 5.69 Å². The minimum atomic E-state index is -0.675. The number of aliphatic hydroxyl groups is 1. The van der Waals surface area contributed by atoms with E-state index in [-0.39, 0.29) is 38.5 Å². The van der Waals surface area contributed by atoms with Crippen LogP contribution in [0.2, 0.25) is 0 Å². The fraction of sp³-hybridized carbons (Fsp3) is 0.636. The van der Waals surface area contributed by atoms with Gasteiger partial charge in [-0.25, -0.2) is 9.48 Å². The number of aromatic nitrogens is 3. The molecule has 112 valence electrons. The van der Waals surface area contributed by atoms with E-state index in [1.54, 1.807) is 0 Å². The number of aliphatic hydroxyl groups excluding tert-OH is 1. The molecule has 0 aliphatic heterocycles. The van der Waals surface area contributed by atoms with Crippen LogP contribution in [-0.2, 0) is 32.0 Å². The lowest BCUT2D eigenvalue weighted by atomic mass is 10.2. The Labute approximate surface area is 115 Å². The summed E-state index contributed by atoms with van der Waals surface area (Å²) in [5.74, 6) is -1.19. The molecule has 0 unspecified atom stereocenters. The molecular weight excluding hydrogens is 270 g/mol. The van der Waals surface area contributed by atoms with Crippen LogP contribution in [0.15, 0.2) is 0 Å². The molecule has 1 heterocycles. The van der Waals surface area contributed by atoms with Crippen LogP contribution in [0.3, 0.4) is 0 Å². The van der Waals surface area contributed by atoms with Crippen molar-refractivity contribution in [3.8, 4) is 0 Å². The van der Waals surface area contributed by atoms with Gasteiger partial charge in [0.15, 0.2) is 5.69 Å². The highest BCUT2D eigenvalue weighted by molar-refractivity contribution is 5.89. The second kappa shape index (κ2) is 8.23. The Morgan fingerprint density at radius 2 is 2.00 bits per heavy atom. The van der Waals surface area contributed by atoms with E-state index < -0.39 is 11.9 Å². The van der Waals surface area contributed by atoms with Crippen molar-refractivity contribution in [1.29, 1.82) is 0 Å². The second-order valence-corrected chi connectivity index (χ2v) is 3.69. The van der Waals surface area contributed by atoms with Crippen LogP contribution in [0.5, 0.6) is 0 Å². The normalized spacial score (nSPS) is 10.3. The first-order valence-electron chi connectivity index (χ1n) is 5.90. The lowest BCUT2D eigenvalue weighted by Crippen LogP contribution is -2.17. The topological polar surface area (TPSA) is 113 Å². The largest absolute Gasteiger partial charge is 0.469 e. The first kappa shape index (κ1) is 16.1. The highest BCUT2D eigenvalue weighted by atomic mass is 16.5. The molecule has 1 aromatic heterocycles. The lowest BCUT2D eigenvalue weighted by Gasteiger charge is -2.07. The summed E-state index contributed by atoms with van der Waals surface area (Å²) in [6.45, 7) is 0.666. The number of nitrogens with zero attached hydrogens (tertiary/aromatic N) is 3. The van der Waals surface area contributed by atoms with Gasteiger partial charge in [-0.1, -0.05) is 5.21 Å². The fourth-order valence-corrected chi connectivity index (χ4v) is 1.47. The van der Waals surface area contributed by atoms with Gasteiger partial charge in [0.25, 0.3) is 0 Å². The van der Waals surface area contributed by atoms with Crippen LogP contribution < -0.4 is 0 Å². The summed E-state index contributed by atoms with van der Waals surface area (Å²) in [4.78, 5) is 22.9. The number of carbonyl (C=O) groups is 2. The summed E-state index contributed by atoms with van der Waals surface area (Å²) >= 11 is 0. The summed E-state index contributed by atoms with van der Waals surface area (Å²) in [5, 5.41) is 16.1. The molecule has 0 saturated heterocycles. The number of hydrogen-bond acceptors (Lipinski definition) is 8. The monoisotopic (exact) mass is 287 g/mol. The van der Waals surface area contributed by atoms with Crippen LogP contribution in [-0.4, -0.2) is 66.1 Å². The van der Waals surface area contributed by atoms with Crippen molar-refractivity contribution >= 4 is 11.9 Å². The molecule has 0 atom stereocenters. The molecule has 1 rings (SSSR count). The van der Waals surface area contributed by atoms with Crippen molar-refractivity contribution < 1.29 is 28.9 Å². The maximum absolute atomic E-state index is 11.5. The van der Waals surface area contributed by atoms with Crippen molar-refractivity contribution in [1.82, 2.24) is 15.0 Å². The van der Waals surface area contributed by atoms with Crippen LogP contribution in [0, 0.1) is 0 Å². The molecule has 9 nitrogen and oxygen atoms in total. The number of carbonyl (C=O) groups excluding carboxylic acids is 2. The van der Waals surface area contributed by atoms with Gasteiger partial charge in [-0.15, -0.1) is 5.10 Å². The smallest absolute Gasteiger partial charge is 0.360 e. The van der Waals surface area contributed by atoms with Gasteiger partial charge in [0, 0.05) is 0 Å². The summed E-state index contributed by atoms with van der Waals surface area (Å²) in [6.07, 6.45) is -0.145. The molecule has 1 aromatic rings. The minimum absolute atomic E-state index is 0.0277. The molecule has 0 radical (unpaired) electrons. The molecule has 0 saturated carbocycles. The predicted molar refractivity (Wildman–Crippen MR) is 65.0 cm³/mol. The van der Waals surface area contributed by atoms with E-state index >= 15 is 0 Å². The molecule has 0 aliphatic carbocycles. The van der Waals surface area contributed by atoms with Crippen LogP contribution in [0.25, 0.3) is 0 Å². The average Bonchev–Trinajstić information content (AvgIpc) is 2.85. The summed E-state index contributed by atoms with van der Waals surface area (Å²) in [5.41, 5.74) is 0.274. The van der Waals surface area contributed by atoms with E-state index in [1.807, 2.05) is 0 Å². The number of methoxy groups -OCH3 is 2. The first-order chi connectivity index (χ1) is 9.63. The molecule has 0 aromatic carbocycles. The molecule has 0 spiro atoms. The quantitative estimate of drug-likeness (QED) is 0.468. The first-order valence-corrected chi connectivity index (χ1v) is 5.90. The van der Waals surface area contributed by atoms with Crippen LogP contribution in [0.4, 0.5) is 0 Å².